The Kier molecular flexibility index (Phi) is 5.69. The number of carbonyl (C=O) groups excluding carboxylic acids is 2. The molecule has 0 bridgehead atoms. The minimum atomic E-state index is -0.263. The number of likely N-dealkylation sites (tertiary alicyclic amines) is 1. The van der Waals surface area contributed by atoms with E-state index in [2.05, 4.69) is 22.2 Å². The summed E-state index contributed by atoms with van der Waals surface area (Å²) >= 11 is 6.12. The molecule has 2 aromatic rings. The number of halogens is 1. The van der Waals surface area contributed by atoms with Gasteiger partial charge in [-0.05, 0) is 38.6 Å². The lowest BCUT2D eigenvalue weighted by Gasteiger charge is -2.27. The summed E-state index contributed by atoms with van der Waals surface area (Å²) in [6, 6.07) is 7.44. The zero-order chi connectivity index (χ0) is 20.4. The number of nitrogens with zero attached hydrogens (tertiary/aromatic N) is 4. The average molecular weight is 414 g/mol. The van der Waals surface area contributed by atoms with Gasteiger partial charge in [0.15, 0.2) is 0 Å². The number of imidazole rings is 1. The first-order chi connectivity index (χ1) is 14.0. The Labute approximate surface area is 175 Å². The molecule has 7 nitrogen and oxygen atoms in total. The molecule has 1 aromatic heterocycles. The van der Waals surface area contributed by atoms with Crippen molar-refractivity contribution in [3.8, 4) is 0 Å². The van der Waals surface area contributed by atoms with Crippen LogP contribution >= 0.6 is 11.6 Å². The molecule has 1 fully saturated rings. The predicted molar refractivity (Wildman–Crippen MR) is 112 cm³/mol. The van der Waals surface area contributed by atoms with E-state index in [1.165, 1.54) is 6.42 Å². The zero-order valence-corrected chi connectivity index (χ0v) is 17.1. The van der Waals surface area contributed by atoms with E-state index in [1.807, 2.05) is 22.8 Å². The molecule has 4 rings (SSSR count). The number of nitrogens with one attached hydrogen (secondary N) is 1. The van der Waals surface area contributed by atoms with Crippen LogP contribution in [0.25, 0.3) is 0 Å². The van der Waals surface area contributed by atoms with Crippen molar-refractivity contribution < 1.29 is 9.59 Å². The Morgan fingerprint density at radius 3 is 2.83 bits per heavy atom. The summed E-state index contributed by atoms with van der Waals surface area (Å²) in [4.78, 5) is 33.6. The van der Waals surface area contributed by atoms with Crippen LogP contribution in [0.1, 0.15) is 29.2 Å². The van der Waals surface area contributed by atoms with Crippen LogP contribution in [0.4, 0.5) is 5.69 Å². The molecule has 152 valence electrons. The molecule has 2 aliphatic rings. The van der Waals surface area contributed by atoms with Crippen molar-refractivity contribution in [2.45, 2.75) is 32.0 Å². The number of amides is 2. The summed E-state index contributed by atoms with van der Waals surface area (Å²) in [6.45, 7) is 2.54. The van der Waals surface area contributed by atoms with Crippen LogP contribution in [0.3, 0.4) is 0 Å². The van der Waals surface area contributed by atoms with Gasteiger partial charge in [0.25, 0.3) is 5.91 Å². The summed E-state index contributed by atoms with van der Waals surface area (Å²) in [5.74, 6) is 0.433. The second kappa shape index (κ2) is 8.39. The van der Waals surface area contributed by atoms with Crippen LogP contribution in [0.15, 0.2) is 42.6 Å². The fourth-order valence-corrected chi connectivity index (χ4v) is 4.04. The highest BCUT2D eigenvalue weighted by molar-refractivity contribution is 6.33. The van der Waals surface area contributed by atoms with Crippen LogP contribution in [0.5, 0.6) is 0 Å². The van der Waals surface area contributed by atoms with Crippen molar-refractivity contribution in [2.24, 2.45) is 0 Å². The Morgan fingerprint density at radius 1 is 1.24 bits per heavy atom. The highest BCUT2D eigenvalue weighted by Crippen LogP contribution is 2.22. The quantitative estimate of drug-likeness (QED) is 0.782. The van der Waals surface area contributed by atoms with Crippen molar-refractivity contribution >= 4 is 29.1 Å². The molecule has 1 N–H and O–H groups in total. The van der Waals surface area contributed by atoms with Gasteiger partial charge in [0.1, 0.15) is 11.5 Å². The standard InChI is InChI=1S/C21H24ClN5O2/c1-25-10-4-5-15(25)8-9-20(28)26-11-12-27-18(13-23-19(27)14-26)21(29)24-17-7-3-2-6-16(17)22/h2-3,6-9,13,15H,4-5,10-12,14H2,1H3,(H,24,29)/b9-8+/t15-/m1/s1. The van der Waals surface area contributed by atoms with Gasteiger partial charge < -0.3 is 14.8 Å². The third-order valence-corrected chi connectivity index (χ3v) is 5.90. The van der Waals surface area contributed by atoms with Crippen LogP contribution in [-0.4, -0.2) is 57.3 Å². The molecule has 0 saturated carbocycles. The van der Waals surface area contributed by atoms with Crippen molar-refractivity contribution in [1.82, 2.24) is 19.4 Å². The monoisotopic (exact) mass is 413 g/mol. The number of fused-ring (bicyclic) bond motifs is 1. The summed E-state index contributed by atoms with van der Waals surface area (Å²) in [7, 11) is 2.08. The highest BCUT2D eigenvalue weighted by Gasteiger charge is 2.25. The number of hydrogen-bond donors (Lipinski definition) is 1. The van der Waals surface area contributed by atoms with Gasteiger partial charge in [-0.2, -0.15) is 0 Å². The van der Waals surface area contributed by atoms with Crippen LogP contribution in [0.2, 0.25) is 5.02 Å². The van der Waals surface area contributed by atoms with E-state index in [9.17, 15) is 9.59 Å². The number of rotatable bonds is 4. The van der Waals surface area contributed by atoms with E-state index in [-0.39, 0.29) is 11.8 Å². The smallest absolute Gasteiger partial charge is 0.273 e. The van der Waals surface area contributed by atoms with Crippen molar-refractivity contribution in [2.75, 3.05) is 25.5 Å². The maximum absolute atomic E-state index is 12.7. The second-order valence-corrected chi connectivity index (χ2v) is 7.86. The van der Waals surface area contributed by atoms with Crippen LogP contribution < -0.4 is 5.32 Å². The van der Waals surface area contributed by atoms with E-state index in [0.717, 1.165) is 13.0 Å². The topological polar surface area (TPSA) is 70.5 Å². The Bertz CT molecular complexity index is 954. The zero-order valence-electron chi connectivity index (χ0n) is 16.3. The molecular weight excluding hydrogens is 390 g/mol. The van der Waals surface area contributed by atoms with Gasteiger partial charge in [-0.3, -0.25) is 14.5 Å². The van der Waals surface area contributed by atoms with Crippen LogP contribution in [-0.2, 0) is 17.9 Å². The average Bonchev–Trinajstić information content (AvgIpc) is 3.33. The summed E-state index contributed by atoms with van der Waals surface area (Å²) in [5.41, 5.74) is 1.03. The molecule has 2 aliphatic heterocycles. The maximum Gasteiger partial charge on any atom is 0.273 e. The maximum atomic E-state index is 12.7. The summed E-state index contributed by atoms with van der Waals surface area (Å²) in [5, 5.41) is 3.31. The lowest BCUT2D eigenvalue weighted by Crippen LogP contribution is -2.38. The van der Waals surface area contributed by atoms with Gasteiger partial charge in [0, 0.05) is 25.2 Å². The van der Waals surface area contributed by atoms with E-state index >= 15 is 0 Å². The largest absolute Gasteiger partial charge is 0.330 e. The Balaban J connectivity index is 1.41. The minimum absolute atomic E-state index is 0.0124. The number of hydrogen-bond acceptors (Lipinski definition) is 4. The van der Waals surface area contributed by atoms with Crippen molar-refractivity contribution in [3.05, 3.63) is 59.2 Å². The fraction of sp³-hybridized carbons (Fsp3) is 0.381. The first kappa shape index (κ1) is 19.7. The first-order valence-electron chi connectivity index (χ1n) is 9.80. The number of anilines is 1. The fourth-order valence-electron chi connectivity index (χ4n) is 3.86. The molecule has 0 spiro atoms. The molecule has 29 heavy (non-hydrogen) atoms. The van der Waals surface area contributed by atoms with Gasteiger partial charge in [-0.15, -0.1) is 0 Å². The lowest BCUT2D eigenvalue weighted by molar-refractivity contribution is -0.127. The third kappa shape index (κ3) is 4.21. The number of carbonyl (C=O) groups is 2. The molecule has 2 amide bonds. The van der Waals surface area contributed by atoms with Gasteiger partial charge in [0.05, 0.1) is 23.5 Å². The predicted octanol–water partition coefficient (Wildman–Crippen LogP) is 2.78. The Morgan fingerprint density at radius 2 is 2.07 bits per heavy atom. The van der Waals surface area contributed by atoms with Crippen molar-refractivity contribution in [1.29, 1.82) is 0 Å². The summed E-state index contributed by atoms with van der Waals surface area (Å²) < 4.78 is 1.87. The highest BCUT2D eigenvalue weighted by atomic mass is 35.5. The van der Waals surface area contributed by atoms with E-state index < -0.39 is 0 Å². The SMILES string of the molecule is CN1CCC[C@@H]1/C=C/C(=O)N1CCn2c(C(=O)Nc3ccccc3Cl)cnc2C1. The number of benzene rings is 1. The molecule has 8 heteroatoms. The molecule has 1 aromatic carbocycles. The minimum Gasteiger partial charge on any atom is -0.330 e. The van der Waals surface area contributed by atoms with E-state index in [1.54, 1.807) is 29.3 Å². The normalized spacial score (nSPS) is 19.5. The first-order valence-corrected chi connectivity index (χ1v) is 10.2. The van der Waals surface area contributed by atoms with Gasteiger partial charge in [0.2, 0.25) is 5.91 Å². The number of para-hydroxylation sites is 1. The molecule has 0 aliphatic carbocycles. The second-order valence-electron chi connectivity index (χ2n) is 7.45. The van der Waals surface area contributed by atoms with E-state index in [0.29, 0.717) is 47.9 Å². The molecule has 1 atom stereocenters. The molecule has 0 radical (unpaired) electrons. The van der Waals surface area contributed by atoms with Crippen LogP contribution in [0, 0.1) is 0 Å². The Hall–Kier alpha value is -2.64. The summed E-state index contributed by atoms with van der Waals surface area (Å²) in [6.07, 6.45) is 7.49. The molecule has 3 heterocycles. The molecule has 0 unspecified atom stereocenters. The van der Waals surface area contributed by atoms with E-state index in [4.69, 9.17) is 11.6 Å². The number of aromatic nitrogens is 2. The van der Waals surface area contributed by atoms with Crippen molar-refractivity contribution in [3.63, 3.8) is 0 Å². The van der Waals surface area contributed by atoms with Gasteiger partial charge >= 0.3 is 0 Å². The molecule has 1 saturated heterocycles. The van der Waals surface area contributed by atoms with Gasteiger partial charge in [-0.1, -0.05) is 29.8 Å². The van der Waals surface area contributed by atoms with Gasteiger partial charge in [-0.25, -0.2) is 4.98 Å². The number of likely N-dealkylation sites (N-methyl/N-ethyl adjacent to an activating group) is 1. The lowest BCUT2D eigenvalue weighted by atomic mass is 10.2. The molecular formula is C21H24ClN5O2. The third-order valence-electron chi connectivity index (χ3n) is 5.57.